The summed E-state index contributed by atoms with van der Waals surface area (Å²) < 4.78 is 25.2. The standard InChI is InChI=1S/C9H20O5/c1-10-8(11-2)5-6-14-7-9(12-3)13-4/h8-9H,5-7H2,1-4H3. The first-order valence-corrected chi connectivity index (χ1v) is 4.47. The molecule has 0 bridgehead atoms. The van der Waals surface area contributed by atoms with E-state index in [-0.39, 0.29) is 12.6 Å². The molecule has 0 saturated heterocycles. The summed E-state index contributed by atoms with van der Waals surface area (Å²) in [6.07, 6.45) is 0.171. The molecule has 0 atom stereocenters. The molecule has 0 aliphatic rings. The van der Waals surface area contributed by atoms with Crippen LogP contribution in [0.5, 0.6) is 0 Å². The molecule has 0 aromatic carbocycles. The van der Waals surface area contributed by atoms with E-state index in [0.29, 0.717) is 19.6 Å². The Morgan fingerprint density at radius 2 is 1.29 bits per heavy atom. The molecular weight excluding hydrogens is 188 g/mol. The number of rotatable bonds is 9. The van der Waals surface area contributed by atoms with Gasteiger partial charge in [-0.3, -0.25) is 0 Å². The Morgan fingerprint density at radius 3 is 1.71 bits per heavy atom. The van der Waals surface area contributed by atoms with Crippen molar-refractivity contribution in [1.82, 2.24) is 0 Å². The largest absolute Gasteiger partial charge is 0.376 e. The van der Waals surface area contributed by atoms with Gasteiger partial charge in [0.05, 0.1) is 13.2 Å². The smallest absolute Gasteiger partial charge is 0.180 e. The van der Waals surface area contributed by atoms with Crippen molar-refractivity contribution in [2.45, 2.75) is 19.0 Å². The highest BCUT2D eigenvalue weighted by Crippen LogP contribution is 1.99. The molecule has 0 unspecified atom stereocenters. The van der Waals surface area contributed by atoms with E-state index in [2.05, 4.69) is 0 Å². The van der Waals surface area contributed by atoms with Gasteiger partial charge in [-0.05, 0) is 0 Å². The summed E-state index contributed by atoms with van der Waals surface area (Å²) in [5, 5.41) is 0. The molecule has 14 heavy (non-hydrogen) atoms. The second kappa shape index (κ2) is 9.36. The van der Waals surface area contributed by atoms with E-state index in [9.17, 15) is 0 Å². The zero-order valence-corrected chi connectivity index (χ0v) is 9.32. The van der Waals surface area contributed by atoms with Gasteiger partial charge in [0.2, 0.25) is 0 Å². The van der Waals surface area contributed by atoms with Gasteiger partial charge in [-0.1, -0.05) is 0 Å². The van der Waals surface area contributed by atoms with E-state index in [1.54, 1.807) is 28.4 Å². The molecule has 0 aromatic rings. The highest BCUT2D eigenvalue weighted by atomic mass is 16.7. The SMILES string of the molecule is COC(CCOCC(OC)OC)OC. The quantitative estimate of drug-likeness (QED) is 0.411. The van der Waals surface area contributed by atoms with E-state index in [1.807, 2.05) is 0 Å². The molecule has 5 heteroatoms. The lowest BCUT2D eigenvalue weighted by Crippen LogP contribution is -2.22. The summed E-state index contributed by atoms with van der Waals surface area (Å²) in [6.45, 7) is 0.961. The topological polar surface area (TPSA) is 46.2 Å². The van der Waals surface area contributed by atoms with Gasteiger partial charge in [0, 0.05) is 34.9 Å². The van der Waals surface area contributed by atoms with Gasteiger partial charge >= 0.3 is 0 Å². The van der Waals surface area contributed by atoms with Crippen molar-refractivity contribution in [2.24, 2.45) is 0 Å². The normalized spacial score (nSPS) is 11.6. The van der Waals surface area contributed by atoms with Crippen LogP contribution < -0.4 is 0 Å². The van der Waals surface area contributed by atoms with Gasteiger partial charge in [-0.15, -0.1) is 0 Å². The fourth-order valence-corrected chi connectivity index (χ4v) is 0.923. The Labute approximate surface area is 85.2 Å². The predicted molar refractivity (Wildman–Crippen MR) is 51.0 cm³/mol. The molecule has 0 heterocycles. The first-order valence-electron chi connectivity index (χ1n) is 4.47. The van der Waals surface area contributed by atoms with Gasteiger partial charge in [0.15, 0.2) is 12.6 Å². The van der Waals surface area contributed by atoms with Crippen molar-refractivity contribution in [3.8, 4) is 0 Å². The molecule has 0 fully saturated rings. The van der Waals surface area contributed by atoms with Gasteiger partial charge in [0.25, 0.3) is 0 Å². The van der Waals surface area contributed by atoms with Crippen molar-refractivity contribution in [3.05, 3.63) is 0 Å². The predicted octanol–water partition coefficient (Wildman–Crippen LogP) is 0.631. The van der Waals surface area contributed by atoms with Crippen LogP contribution >= 0.6 is 0 Å². The average Bonchev–Trinajstić information content (AvgIpc) is 2.24. The summed E-state index contributed by atoms with van der Waals surface area (Å²) in [6, 6.07) is 0. The third-order valence-corrected chi connectivity index (χ3v) is 1.80. The van der Waals surface area contributed by atoms with Gasteiger partial charge in [0.1, 0.15) is 0 Å². The molecule has 0 saturated carbocycles. The van der Waals surface area contributed by atoms with Gasteiger partial charge < -0.3 is 23.7 Å². The van der Waals surface area contributed by atoms with Crippen molar-refractivity contribution >= 4 is 0 Å². The van der Waals surface area contributed by atoms with E-state index in [4.69, 9.17) is 23.7 Å². The van der Waals surface area contributed by atoms with Gasteiger partial charge in [-0.2, -0.15) is 0 Å². The Bertz CT molecular complexity index is 97.8. The average molecular weight is 208 g/mol. The van der Waals surface area contributed by atoms with Crippen LogP contribution in [0.15, 0.2) is 0 Å². The molecule has 0 rings (SSSR count). The van der Waals surface area contributed by atoms with Crippen LogP contribution in [0.1, 0.15) is 6.42 Å². The highest BCUT2D eigenvalue weighted by Gasteiger charge is 2.07. The van der Waals surface area contributed by atoms with Crippen molar-refractivity contribution in [2.75, 3.05) is 41.7 Å². The fraction of sp³-hybridized carbons (Fsp3) is 1.00. The van der Waals surface area contributed by atoms with E-state index < -0.39 is 0 Å². The Hall–Kier alpha value is -0.200. The molecule has 0 radical (unpaired) electrons. The molecule has 0 amide bonds. The molecule has 0 aliphatic heterocycles. The van der Waals surface area contributed by atoms with Crippen molar-refractivity contribution in [1.29, 1.82) is 0 Å². The van der Waals surface area contributed by atoms with Crippen LogP contribution in [0.3, 0.4) is 0 Å². The maximum absolute atomic E-state index is 5.30. The monoisotopic (exact) mass is 208 g/mol. The fourth-order valence-electron chi connectivity index (χ4n) is 0.923. The molecule has 0 aliphatic carbocycles. The van der Waals surface area contributed by atoms with Crippen LogP contribution in [0.2, 0.25) is 0 Å². The van der Waals surface area contributed by atoms with Gasteiger partial charge in [-0.25, -0.2) is 0 Å². The van der Waals surface area contributed by atoms with E-state index in [0.717, 1.165) is 0 Å². The number of ether oxygens (including phenoxy) is 5. The Balaban J connectivity index is 3.35. The molecule has 5 nitrogen and oxygen atoms in total. The van der Waals surface area contributed by atoms with Crippen LogP contribution in [-0.2, 0) is 23.7 Å². The van der Waals surface area contributed by atoms with Crippen LogP contribution in [-0.4, -0.2) is 54.2 Å². The first kappa shape index (κ1) is 13.8. The zero-order chi connectivity index (χ0) is 10.8. The Kier molecular flexibility index (Phi) is 9.23. The molecule has 0 N–H and O–H groups in total. The zero-order valence-electron chi connectivity index (χ0n) is 9.32. The molecule has 0 aromatic heterocycles. The van der Waals surface area contributed by atoms with Crippen LogP contribution in [0.25, 0.3) is 0 Å². The maximum atomic E-state index is 5.30. The van der Waals surface area contributed by atoms with Crippen LogP contribution in [0, 0.1) is 0 Å². The Morgan fingerprint density at radius 1 is 0.786 bits per heavy atom. The van der Waals surface area contributed by atoms with Crippen LogP contribution in [0.4, 0.5) is 0 Å². The number of methoxy groups -OCH3 is 4. The lowest BCUT2D eigenvalue weighted by molar-refractivity contribution is -0.152. The summed E-state index contributed by atoms with van der Waals surface area (Å²) >= 11 is 0. The van der Waals surface area contributed by atoms with Crippen molar-refractivity contribution < 1.29 is 23.7 Å². The minimum absolute atomic E-state index is 0.210. The summed E-state index contributed by atoms with van der Waals surface area (Å²) in [5.41, 5.74) is 0. The third kappa shape index (κ3) is 6.28. The second-order valence-corrected chi connectivity index (χ2v) is 2.67. The van der Waals surface area contributed by atoms with E-state index >= 15 is 0 Å². The third-order valence-electron chi connectivity index (χ3n) is 1.80. The number of hydrogen-bond acceptors (Lipinski definition) is 5. The summed E-state index contributed by atoms with van der Waals surface area (Å²) in [4.78, 5) is 0. The summed E-state index contributed by atoms with van der Waals surface area (Å²) in [7, 11) is 6.35. The lowest BCUT2D eigenvalue weighted by atomic mass is 10.4. The molecular formula is C9H20O5. The minimum atomic E-state index is -0.307. The highest BCUT2D eigenvalue weighted by molar-refractivity contribution is 4.44. The lowest BCUT2D eigenvalue weighted by Gasteiger charge is -2.15. The minimum Gasteiger partial charge on any atom is -0.376 e. The van der Waals surface area contributed by atoms with E-state index in [1.165, 1.54) is 0 Å². The molecule has 0 spiro atoms. The summed E-state index contributed by atoms with van der Waals surface area (Å²) in [5.74, 6) is 0. The second-order valence-electron chi connectivity index (χ2n) is 2.67. The number of hydrogen-bond donors (Lipinski definition) is 0. The maximum Gasteiger partial charge on any atom is 0.180 e. The first-order chi connectivity index (χ1) is 6.78. The molecule has 86 valence electrons. The van der Waals surface area contributed by atoms with Crippen molar-refractivity contribution in [3.63, 3.8) is 0 Å².